The van der Waals surface area contributed by atoms with E-state index >= 15 is 0 Å². The zero-order valence-corrected chi connectivity index (χ0v) is 12.0. The first-order valence-electron chi connectivity index (χ1n) is 6.23. The number of nitrogens with zero attached hydrogens (tertiary/aromatic N) is 3. The lowest BCUT2D eigenvalue weighted by atomic mass is 10.1. The van der Waals surface area contributed by atoms with E-state index in [1.54, 1.807) is 25.8 Å². The Kier molecular flexibility index (Phi) is 3.74. The molecule has 0 saturated carbocycles. The van der Waals surface area contributed by atoms with E-state index in [1.807, 2.05) is 19.1 Å². The Morgan fingerprint density at radius 1 is 1.30 bits per heavy atom. The van der Waals surface area contributed by atoms with E-state index < -0.39 is 5.97 Å². The summed E-state index contributed by atoms with van der Waals surface area (Å²) in [6, 6.07) is 3.73. The Hall–Kier alpha value is -2.37. The van der Waals surface area contributed by atoms with E-state index in [4.69, 9.17) is 4.42 Å². The van der Waals surface area contributed by atoms with Crippen molar-refractivity contribution in [2.45, 2.75) is 27.3 Å². The monoisotopic (exact) mass is 275 g/mol. The standard InChI is InChI=1S/C14H17N3O3/c1-8-5-6-11(20-8)7-17(4)13-12(14(18)19)9(2)10(3)15-16-13/h5-6H,7H2,1-4H3,(H,18,19). The fraction of sp³-hybridized carbons (Fsp3) is 0.357. The maximum atomic E-state index is 11.4. The summed E-state index contributed by atoms with van der Waals surface area (Å²) in [5.74, 6) is 0.909. The number of aromatic carboxylic acids is 1. The molecule has 2 aromatic heterocycles. The van der Waals surface area contributed by atoms with Crippen LogP contribution in [-0.4, -0.2) is 28.3 Å². The second-order valence-electron chi connectivity index (χ2n) is 4.78. The third-order valence-corrected chi connectivity index (χ3v) is 3.20. The molecule has 0 unspecified atom stereocenters. The number of carbonyl (C=O) groups is 1. The molecule has 2 rings (SSSR count). The minimum Gasteiger partial charge on any atom is -0.478 e. The molecule has 6 nitrogen and oxygen atoms in total. The molecule has 0 bridgehead atoms. The third kappa shape index (κ3) is 2.64. The van der Waals surface area contributed by atoms with E-state index in [0.717, 1.165) is 11.5 Å². The molecule has 20 heavy (non-hydrogen) atoms. The third-order valence-electron chi connectivity index (χ3n) is 3.20. The van der Waals surface area contributed by atoms with Crippen molar-refractivity contribution in [2.75, 3.05) is 11.9 Å². The van der Waals surface area contributed by atoms with Gasteiger partial charge in [-0.2, -0.15) is 5.10 Å². The highest BCUT2D eigenvalue weighted by atomic mass is 16.4. The van der Waals surface area contributed by atoms with Crippen molar-refractivity contribution in [3.63, 3.8) is 0 Å². The van der Waals surface area contributed by atoms with Gasteiger partial charge in [-0.1, -0.05) is 0 Å². The normalized spacial score (nSPS) is 10.6. The summed E-state index contributed by atoms with van der Waals surface area (Å²) in [7, 11) is 1.77. The van der Waals surface area contributed by atoms with Gasteiger partial charge in [0.05, 0.1) is 12.2 Å². The Balaban J connectivity index is 2.36. The largest absolute Gasteiger partial charge is 0.478 e. The second-order valence-corrected chi connectivity index (χ2v) is 4.78. The number of furan rings is 1. The molecular weight excluding hydrogens is 258 g/mol. The smallest absolute Gasteiger partial charge is 0.339 e. The van der Waals surface area contributed by atoms with Crippen molar-refractivity contribution in [1.82, 2.24) is 10.2 Å². The van der Waals surface area contributed by atoms with Crippen LogP contribution in [0.2, 0.25) is 0 Å². The number of hydrogen-bond acceptors (Lipinski definition) is 5. The molecule has 6 heteroatoms. The zero-order valence-electron chi connectivity index (χ0n) is 12.0. The predicted octanol–water partition coefficient (Wildman–Crippen LogP) is 2.33. The molecule has 106 valence electrons. The zero-order chi connectivity index (χ0) is 14.9. The number of aromatic nitrogens is 2. The fourth-order valence-electron chi connectivity index (χ4n) is 2.00. The Morgan fingerprint density at radius 2 is 2.00 bits per heavy atom. The SMILES string of the molecule is Cc1ccc(CN(C)c2nnc(C)c(C)c2C(=O)O)o1. The van der Waals surface area contributed by atoms with Crippen LogP contribution < -0.4 is 4.90 Å². The molecule has 0 spiro atoms. The summed E-state index contributed by atoms with van der Waals surface area (Å²) in [6.07, 6.45) is 0. The van der Waals surface area contributed by atoms with Crippen LogP contribution in [-0.2, 0) is 6.54 Å². The topological polar surface area (TPSA) is 79.5 Å². The fourth-order valence-corrected chi connectivity index (χ4v) is 2.00. The summed E-state index contributed by atoms with van der Waals surface area (Å²) in [4.78, 5) is 13.2. The number of anilines is 1. The highest BCUT2D eigenvalue weighted by molar-refractivity contribution is 5.95. The number of rotatable bonds is 4. The van der Waals surface area contributed by atoms with Gasteiger partial charge in [-0.3, -0.25) is 0 Å². The van der Waals surface area contributed by atoms with Crippen molar-refractivity contribution in [2.24, 2.45) is 0 Å². The number of aryl methyl sites for hydroxylation is 2. The molecule has 0 radical (unpaired) electrons. The van der Waals surface area contributed by atoms with Gasteiger partial charge < -0.3 is 14.4 Å². The molecule has 1 N–H and O–H groups in total. The van der Waals surface area contributed by atoms with Gasteiger partial charge in [0.2, 0.25) is 0 Å². The van der Waals surface area contributed by atoms with Gasteiger partial charge in [0.1, 0.15) is 17.1 Å². The van der Waals surface area contributed by atoms with Gasteiger partial charge in [-0.05, 0) is 38.5 Å². The first kappa shape index (κ1) is 14.0. The van der Waals surface area contributed by atoms with E-state index in [1.165, 1.54) is 0 Å². The van der Waals surface area contributed by atoms with Crippen LogP contribution in [0.1, 0.15) is 33.1 Å². The van der Waals surface area contributed by atoms with Crippen LogP contribution in [0.25, 0.3) is 0 Å². The summed E-state index contributed by atoms with van der Waals surface area (Å²) >= 11 is 0. The van der Waals surface area contributed by atoms with E-state index in [9.17, 15) is 9.90 Å². The van der Waals surface area contributed by atoms with Crippen LogP contribution in [0.15, 0.2) is 16.5 Å². The summed E-state index contributed by atoms with van der Waals surface area (Å²) in [5, 5.41) is 17.4. The lowest BCUT2D eigenvalue weighted by molar-refractivity contribution is 0.0696. The van der Waals surface area contributed by atoms with E-state index in [0.29, 0.717) is 23.6 Å². The van der Waals surface area contributed by atoms with Crippen LogP contribution >= 0.6 is 0 Å². The molecule has 0 aliphatic carbocycles. The Bertz CT molecular complexity index is 649. The van der Waals surface area contributed by atoms with Crippen LogP contribution in [0.5, 0.6) is 0 Å². The van der Waals surface area contributed by atoms with E-state index in [2.05, 4.69) is 10.2 Å². The number of carboxylic acid groups (broad SMARTS) is 1. The molecule has 0 fully saturated rings. The van der Waals surface area contributed by atoms with Gasteiger partial charge in [0, 0.05) is 7.05 Å². The van der Waals surface area contributed by atoms with Crippen molar-refractivity contribution >= 4 is 11.8 Å². The molecular formula is C14H17N3O3. The predicted molar refractivity (Wildman–Crippen MR) is 74.0 cm³/mol. The van der Waals surface area contributed by atoms with E-state index in [-0.39, 0.29) is 5.56 Å². The summed E-state index contributed by atoms with van der Waals surface area (Å²) < 4.78 is 5.49. The summed E-state index contributed by atoms with van der Waals surface area (Å²) in [5.41, 5.74) is 1.43. The Morgan fingerprint density at radius 3 is 2.55 bits per heavy atom. The first-order valence-corrected chi connectivity index (χ1v) is 6.23. The first-order chi connectivity index (χ1) is 9.40. The minimum atomic E-state index is -1.00. The van der Waals surface area contributed by atoms with Crippen molar-refractivity contribution in [3.05, 3.63) is 40.5 Å². The van der Waals surface area contributed by atoms with Gasteiger partial charge in [-0.15, -0.1) is 5.10 Å². The molecule has 0 atom stereocenters. The van der Waals surface area contributed by atoms with Gasteiger partial charge in [0.25, 0.3) is 0 Å². The van der Waals surface area contributed by atoms with Gasteiger partial charge >= 0.3 is 5.97 Å². The molecule has 0 aromatic carbocycles. The quantitative estimate of drug-likeness (QED) is 0.922. The molecule has 0 aliphatic heterocycles. The molecule has 0 saturated heterocycles. The molecule has 0 aliphatic rings. The van der Waals surface area contributed by atoms with Gasteiger partial charge in [0.15, 0.2) is 5.82 Å². The average Bonchev–Trinajstić information content (AvgIpc) is 2.77. The lowest BCUT2D eigenvalue weighted by Gasteiger charge is -2.19. The molecule has 2 heterocycles. The highest BCUT2D eigenvalue weighted by Gasteiger charge is 2.21. The molecule has 0 amide bonds. The minimum absolute atomic E-state index is 0.184. The van der Waals surface area contributed by atoms with Crippen molar-refractivity contribution in [3.8, 4) is 0 Å². The highest BCUT2D eigenvalue weighted by Crippen LogP contribution is 2.23. The van der Waals surface area contributed by atoms with Crippen LogP contribution in [0.3, 0.4) is 0 Å². The molecule has 2 aromatic rings. The number of hydrogen-bond donors (Lipinski definition) is 1. The summed E-state index contributed by atoms with van der Waals surface area (Å²) in [6.45, 7) is 5.78. The lowest BCUT2D eigenvalue weighted by Crippen LogP contribution is -2.22. The average molecular weight is 275 g/mol. The number of carboxylic acids is 1. The van der Waals surface area contributed by atoms with Crippen molar-refractivity contribution < 1.29 is 14.3 Å². The Labute approximate surface area is 117 Å². The van der Waals surface area contributed by atoms with Crippen molar-refractivity contribution in [1.29, 1.82) is 0 Å². The van der Waals surface area contributed by atoms with Crippen LogP contribution in [0, 0.1) is 20.8 Å². The maximum Gasteiger partial charge on any atom is 0.339 e. The second kappa shape index (κ2) is 5.32. The maximum absolute atomic E-state index is 11.4. The van der Waals surface area contributed by atoms with Crippen LogP contribution in [0.4, 0.5) is 5.82 Å². The van der Waals surface area contributed by atoms with Gasteiger partial charge in [-0.25, -0.2) is 4.79 Å².